The number of β-amino-alcohol motifs (C(OH)–C–C–N with tert-alkyl or cyclic N) is 1. The van der Waals surface area contributed by atoms with Crippen molar-refractivity contribution in [3.63, 3.8) is 0 Å². The molecule has 2 amide bonds. The van der Waals surface area contributed by atoms with Gasteiger partial charge in [-0.1, -0.05) is 13.0 Å². The molecule has 2 heterocycles. The summed E-state index contributed by atoms with van der Waals surface area (Å²) in [5, 5.41) is 12.9. The molecule has 11 heteroatoms. The number of hydrogen-bond acceptors (Lipinski definition) is 8. The van der Waals surface area contributed by atoms with Gasteiger partial charge >= 0.3 is 0 Å². The van der Waals surface area contributed by atoms with Crippen LogP contribution in [0, 0.1) is 5.92 Å². The second-order valence-corrected chi connectivity index (χ2v) is 9.23. The summed E-state index contributed by atoms with van der Waals surface area (Å²) in [5.41, 5.74) is 5.22. The first-order valence-corrected chi connectivity index (χ1v) is 11.0. The number of carbonyl (C=O) groups excluding carboxylic acids is 3. The monoisotopic (exact) mass is 428 g/mol. The Labute approximate surface area is 170 Å². The molecular formula is C18H28N4O6S. The lowest BCUT2D eigenvalue weighted by Gasteiger charge is -2.33. The Balaban J connectivity index is 2.40. The minimum Gasteiger partial charge on any atom is -0.390 e. The van der Waals surface area contributed by atoms with Crippen LogP contribution in [-0.2, 0) is 24.4 Å². The van der Waals surface area contributed by atoms with Crippen LogP contribution in [-0.4, -0.2) is 65.2 Å². The van der Waals surface area contributed by atoms with E-state index < -0.39 is 50.7 Å². The zero-order chi connectivity index (χ0) is 21.8. The van der Waals surface area contributed by atoms with Gasteiger partial charge in [0.1, 0.15) is 0 Å². The van der Waals surface area contributed by atoms with Crippen LogP contribution in [0.2, 0.25) is 0 Å². The van der Waals surface area contributed by atoms with Gasteiger partial charge in [0.2, 0.25) is 16.9 Å². The van der Waals surface area contributed by atoms with Crippen molar-refractivity contribution in [1.82, 2.24) is 9.62 Å². The van der Waals surface area contributed by atoms with Crippen LogP contribution in [0.15, 0.2) is 17.3 Å². The molecule has 0 bridgehead atoms. The average molecular weight is 429 g/mol. The average Bonchev–Trinajstić information content (AvgIpc) is 2.82. The number of sulfonamides is 1. The minimum atomic E-state index is -4.58. The number of carbonyl (C=O) groups is 3. The van der Waals surface area contributed by atoms with Gasteiger partial charge < -0.3 is 16.2 Å². The van der Waals surface area contributed by atoms with Gasteiger partial charge in [-0.2, -0.15) is 8.42 Å². The van der Waals surface area contributed by atoms with Crippen molar-refractivity contribution in [2.24, 2.45) is 16.6 Å². The molecule has 0 aromatic rings. The third-order valence-corrected chi connectivity index (χ3v) is 7.00. The van der Waals surface area contributed by atoms with Crippen molar-refractivity contribution in [2.45, 2.75) is 64.1 Å². The van der Waals surface area contributed by atoms with E-state index in [0.29, 0.717) is 10.7 Å². The van der Waals surface area contributed by atoms with Gasteiger partial charge in [0, 0.05) is 37.5 Å². The Bertz CT molecular complexity index is 822. The van der Waals surface area contributed by atoms with Gasteiger partial charge in [-0.3, -0.25) is 14.4 Å². The van der Waals surface area contributed by atoms with E-state index >= 15 is 0 Å². The number of nitrogens with one attached hydrogen (secondary N) is 1. The first-order valence-electron chi connectivity index (χ1n) is 9.59. The summed E-state index contributed by atoms with van der Waals surface area (Å²) >= 11 is 0. The van der Waals surface area contributed by atoms with Gasteiger partial charge in [-0.05, 0) is 26.2 Å². The van der Waals surface area contributed by atoms with Crippen molar-refractivity contribution in [3.8, 4) is 0 Å². The van der Waals surface area contributed by atoms with Crippen LogP contribution in [0.1, 0.15) is 46.0 Å². The van der Waals surface area contributed by atoms with Crippen LogP contribution in [0.3, 0.4) is 0 Å². The SMILES string of the molecule is C[C@@H]1CC[C@H](N(C(=O)CC[C@H](C)C(N)=O)S(=O)(=O)C2=NC=CCC2=O)[C@@H](O)CN1. The Hall–Kier alpha value is -2.11. The van der Waals surface area contributed by atoms with E-state index in [1.165, 1.54) is 12.3 Å². The highest BCUT2D eigenvalue weighted by molar-refractivity contribution is 8.06. The molecule has 162 valence electrons. The highest BCUT2D eigenvalue weighted by Crippen LogP contribution is 2.24. The summed E-state index contributed by atoms with van der Waals surface area (Å²) < 4.78 is 27.1. The molecule has 0 aromatic carbocycles. The maximum atomic E-state index is 13.3. The van der Waals surface area contributed by atoms with Crippen LogP contribution < -0.4 is 11.1 Å². The number of amides is 2. The number of aliphatic imine (C=N–C) groups is 1. The zero-order valence-electron chi connectivity index (χ0n) is 16.6. The third-order valence-electron chi connectivity index (χ3n) is 5.18. The van der Waals surface area contributed by atoms with Gasteiger partial charge in [-0.25, -0.2) is 9.30 Å². The Kier molecular flexibility index (Phi) is 7.66. The van der Waals surface area contributed by atoms with E-state index in [1.807, 2.05) is 6.92 Å². The molecule has 1 saturated heterocycles. The van der Waals surface area contributed by atoms with Crippen LogP contribution in [0.25, 0.3) is 0 Å². The summed E-state index contributed by atoms with van der Waals surface area (Å²) in [7, 11) is -4.58. The number of allylic oxidation sites excluding steroid dienone is 1. The van der Waals surface area contributed by atoms with Crippen molar-refractivity contribution in [3.05, 3.63) is 12.3 Å². The van der Waals surface area contributed by atoms with Crippen LogP contribution in [0.5, 0.6) is 0 Å². The largest absolute Gasteiger partial charge is 0.390 e. The fraction of sp³-hybridized carbons (Fsp3) is 0.667. The maximum Gasteiger partial charge on any atom is 0.287 e. The van der Waals surface area contributed by atoms with Gasteiger partial charge in [0.15, 0.2) is 5.78 Å². The van der Waals surface area contributed by atoms with E-state index in [2.05, 4.69) is 10.3 Å². The minimum absolute atomic E-state index is 0.0285. The molecule has 4 atom stereocenters. The van der Waals surface area contributed by atoms with E-state index in [4.69, 9.17) is 5.73 Å². The molecule has 29 heavy (non-hydrogen) atoms. The van der Waals surface area contributed by atoms with Crippen molar-refractivity contribution in [2.75, 3.05) is 6.54 Å². The molecular weight excluding hydrogens is 400 g/mol. The quantitative estimate of drug-likeness (QED) is 0.529. The fourth-order valence-electron chi connectivity index (χ4n) is 3.28. The summed E-state index contributed by atoms with van der Waals surface area (Å²) in [6.07, 6.45) is 1.88. The van der Waals surface area contributed by atoms with Crippen LogP contribution in [0.4, 0.5) is 0 Å². The highest BCUT2D eigenvalue weighted by Gasteiger charge is 2.43. The maximum absolute atomic E-state index is 13.3. The second-order valence-electron chi connectivity index (χ2n) is 7.50. The molecule has 0 unspecified atom stereocenters. The third kappa shape index (κ3) is 5.49. The van der Waals surface area contributed by atoms with Gasteiger partial charge in [0.05, 0.1) is 12.1 Å². The number of hydrogen-bond donors (Lipinski definition) is 3. The molecule has 0 saturated carbocycles. The van der Waals surface area contributed by atoms with Gasteiger partial charge in [0.25, 0.3) is 10.0 Å². The van der Waals surface area contributed by atoms with Crippen molar-refractivity contribution in [1.29, 1.82) is 0 Å². The number of nitrogens with zero attached hydrogens (tertiary/aromatic N) is 2. The highest BCUT2D eigenvalue weighted by atomic mass is 32.2. The van der Waals surface area contributed by atoms with Crippen molar-refractivity contribution < 1.29 is 27.9 Å². The molecule has 4 N–H and O–H groups in total. The molecule has 10 nitrogen and oxygen atoms in total. The van der Waals surface area contributed by atoms with E-state index in [9.17, 15) is 27.9 Å². The topological polar surface area (TPSA) is 159 Å². The lowest BCUT2D eigenvalue weighted by atomic mass is 10.0. The van der Waals surface area contributed by atoms with Crippen LogP contribution >= 0.6 is 0 Å². The van der Waals surface area contributed by atoms with E-state index in [0.717, 1.165) is 0 Å². The number of aliphatic hydroxyl groups is 1. The number of Topliss-reactive ketones (excluding diaryl/α,β-unsaturated/α-hetero) is 1. The molecule has 0 aliphatic carbocycles. The van der Waals surface area contributed by atoms with Gasteiger partial charge in [-0.15, -0.1) is 0 Å². The predicted molar refractivity (Wildman–Crippen MR) is 106 cm³/mol. The summed E-state index contributed by atoms with van der Waals surface area (Å²) in [5.74, 6) is -2.75. The fourth-order valence-corrected chi connectivity index (χ4v) is 4.99. The predicted octanol–water partition coefficient (Wildman–Crippen LogP) is -0.567. The number of ketones is 1. The first-order chi connectivity index (χ1) is 13.6. The Morgan fingerprint density at radius 3 is 2.72 bits per heavy atom. The molecule has 0 radical (unpaired) electrons. The number of primary amides is 1. The first kappa shape index (κ1) is 23.2. The summed E-state index contributed by atoms with van der Waals surface area (Å²) in [4.78, 5) is 40.1. The Morgan fingerprint density at radius 2 is 2.10 bits per heavy atom. The number of nitrogens with two attached hydrogens (primary N) is 1. The molecule has 2 rings (SSSR count). The number of aliphatic hydroxyl groups excluding tert-OH is 1. The molecule has 0 aromatic heterocycles. The molecule has 2 aliphatic heterocycles. The molecule has 2 aliphatic rings. The second kappa shape index (κ2) is 9.59. The van der Waals surface area contributed by atoms with E-state index in [-0.39, 0.29) is 38.3 Å². The summed E-state index contributed by atoms with van der Waals surface area (Å²) in [6.45, 7) is 3.53. The number of rotatable bonds is 5. The normalized spacial score (nSPS) is 26.4. The lowest BCUT2D eigenvalue weighted by molar-refractivity contribution is -0.130. The summed E-state index contributed by atoms with van der Waals surface area (Å²) in [6, 6.07) is -1.02. The smallest absolute Gasteiger partial charge is 0.287 e. The Morgan fingerprint density at radius 1 is 1.41 bits per heavy atom. The van der Waals surface area contributed by atoms with Crippen molar-refractivity contribution >= 4 is 32.7 Å². The standard InChI is InChI=1S/C18H28N4O6S/c1-11(17(19)26)5-8-16(25)22(13-7-6-12(2)21-10-15(13)24)29(27,28)18-14(23)4-3-9-20-18/h3,9,11-13,15,21,24H,4-8,10H2,1-2H3,(H2,19,26)/t11-,12+,13-,15-/m0/s1. The molecule has 1 fully saturated rings. The molecule has 0 spiro atoms. The zero-order valence-corrected chi connectivity index (χ0v) is 17.4. The van der Waals surface area contributed by atoms with E-state index in [1.54, 1.807) is 6.92 Å². The lowest BCUT2D eigenvalue weighted by Crippen LogP contribution is -2.54.